The Morgan fingerprint density at radius 1 is 1.00 bits per heavy atom. The highest BCUT2D eigenvalue weighted by Crippen LogP contribution is 2.34. The lowest BCUT2D eigenvalue weighted by molar-refractivity contribution is -0.125. The van der Waals surface area contributed by atoms with Gasteiger partial charge in [0, 0.05) is 86.5 Å². The van der Waals surface area contributed by atoms with Crippen molar-refractivity contribution in [3.63, 3.8) is 0 Å². The molecule has 3 heterocycles. The van der Waals surface area contributed by atoms with Crippen LogP contribution in [0.4, 0.5) is 5.69 Å². The molecular weight excluding hydrogens is 592 g/mol. The fourth-order valence-corrected chi connectivity index (χ4v) is 6.74. The summed E-state index contributed by atoms with van der Waals surface area (Å²) in [7, 11) is 2.06. The van der Waals surface area contributed by atoms with Crippen LogP contribution in [0.15, 0.2) is 59.9 Å². The number of hydrogen-bond acceptors (Lipinski definition) is 6. The average molecular weight is 639 g/mol. The molecule has 1 atom stereocenters. The lowest BCUT2D eigenvalue weighted by atomic mass is 9.95. The number of rotatable bonds is 9. The molecule has 2 fully saturated rings. The molecule has 10 nitrogen and oxygen atoms in total. The van der Waals surface area contributed by atoms with Crippen LogP contribution in [0, 0.1) is 20.8 Å². The van der Waals surface area contributed by atoms with Crippen molar-refractivity contribution in [3.05, 3.63) is 99.0 Å². The number of pyridine rings is 1. The first-order valence-corrected chi connectivity index (χ1v) is 16.4. The molecule has 10 heteroatoms. The van der Waals surface area contributed by atoms with Crippen molar-refractivity contribution in [3.8, 4) is 11.1 Å². The predicted octanol–water partition coefficient (Wildman–Crippen LogP) is 3.90. The second-order valence-electron chi connectivity index (χ2n) is 12.7. The highest BCUT2D eigenvalue weighted by atomic mass is 16.2. The van der Waals surface area contributed by atoms with E-state index in [-0.39, 0.29) is 35.9 Å². The molecule has 47 heavy (non-hydrogen) atoms. The van der Waals surface area contributed by atoms with E-state index < -0.39 is 0 Å². The molecule has 5 rings (SSSR count). The summed E-state index contributed by atoms with van der Waals surface area (Å²) in [6, 6.07) is 13.5. The first-order valence-electron chi connectivity index (χ1n) is 16.4. The van der Waals surface area contributed by atoms with E-state index in [4.69, 9.17) is 0 Å². The smallest absolute Gasteiger partial charge is 0.253 e. The number of carbonyl (C=O) groups excluding carboxylic acids is 3. The standard InChI is InChI=1S/C37H46N6O4/c1-7-34(44)42-13-12-30(23-42)43(8-2)33-21-29(27-10-9-11-28(19-27)37(47)41-16-14-40(6)15-17-41)20-31(26(33)5)35(45)38-22-32-24(3)18-25(4)39-36(32)46/h7,9-11,18-21,30H,1,8,12-17,22-23H2,2-6H3,(H,38,45)(H,39,46). The first-order chi connectivity index (χ1) is 22.5. The number of H-pyrrole nitrogens is 1. The van der Waals surface area contributed by atoms with Crippen molar-refractivity contribution in [2.24, 2.45) is 0 Å². The number of aromatic amines is 1. The molecule has 0 bridgehead atoms. The van der Waals surface area contributed by atoms with E-state index in [1.54, 1.807) is 0 Å². The number of nitrogens with zero attached hydrogens (tertiary/aromatic N) is 4. The number of amides is 3. The number of hydrogen-bond donors (Lipinski definition) is 2. The van der Waals surface area contributed by atoms with Gasteiger partial charge in [0.05, 0.1) is 0 Å². The zero-order valence-corrected chi connectivity index (χ0v) is 28.2. The van der Waals surface area contributed by atoms with Crippen LogP contribution >= 0.6 is 0 Å². The van der Waals surface area contributed by atoms with Crippen LogP contribution in [0.25, 0.3) is 11.1 Å². The summed E-state index contributed by atoms with van der Waals surface area (Å²) in [5, 5.41) is 2.99. The van der Waals surface area contributed by atoms with Crippen LogP contribution in [0.5, 0.6) is 0 Å². The first kappa shape index (κ1) is 33.7. The largest absolute Gasteiger partial charge is 0.367 e. The number of aryl methyl sites for hydroxylation is 2. The average Bonchev–Trinajstić information content (AvgIpc) is 3.55. The minimum atomic E-state index is -0.291. The highest BCUT2D eigenvalue weighted by Gasteiger charge is 2.31. The molecule has 0 aliphatic carbocycles. The Balaban J connectivity index is 1.52. The second-order valence-corrected chi connectivity index (χ2v) is 12.7. The monoisotopic (exact) mass is 638 g/mol. The van der Waals surface area contributed by atoms with E-state index in [1.165, 1.54) is 6.08 Å². The molecule has 1 aromatic heterocycles. The normalized spacial score (nSPS) is 16.7. The molecule has 248 valence electrons. The molecule has 3 amide bonds. The van der Waals surface area contributed by atoms with E-state index in [0.717, 1.165) is 53.1 Å². The van der Waals surface area contributed by atoms with Gasteiger partial charge in [-0.05, 0) is 99.8 Å². The SMILES string of the molecule is C=CC(=O)N1CCC(N(CC)c2cc(-c3cccc(C(=O)N4CCN(C)CC4)c3)cc(C(=O)NCc3c(C)cc(C)[nH]c3=O)c2C)C1. The van der Waals surface area contributed by atoms with Crippen molar-refractivity contribution in [1.29, 1.82) is 0 Å². The van der Waals surface area contributed by atoms with E-state index in [0.29, 0.717) is 49.4 Å². The Kier molecular flexibility index (Phi) is 10.3. The molecule has 3 aromatic rings. The van der Waals surface area contributed by atoms with Crippen molar-refractivity contribution in [2.45, 2.75) is 46.7 Å². The summed E-state index contributed by atoms with van der Waals surface area (Å²) in [6.45, 7) is 16.4. The van der Waals surface area contributed by atoms with E-state index in [9.17, 15) is 19.2 Å². The molecule has 2 saturated heterocycles. The number of carbonyl (C=O) groups is 3. The van der Waals surface area contributed by atoms with Gasteiger partial charge in [-0.1, -0.05) is 18.7 Å². The number of piperazine rings is 1. The van der Waals surface area contributed by atoms with Gasteiger partial charge in [0.1, 0.15) is 0 Å². The van der Waals surface area contributed by atoms with Gasteiger partial charge in [-0.3, -0.25) is 19.2 Å². The Morgan fingerprint density at radius 2 is 1.74 bits per heavy atom. The van der Waals surface area contributed by atoms with E-state index in [1.807, 2.05) is 67.0 Å². The number of nitrogens with one attached hydrogen (secondary N) is 2. The molecule has 2 aliphatic heterocycles. The minimum Gasteiger partial charge on any atom is -0.367 e. The number of likely N-dealkylation sites (N-methyl/N-ethyl adjacent to an activating group) is 2. The molecule has 0 spiro atoms. The third kappa shape index (κ3) is 7.33. The van der Waals surface area contributed by atoms with Gasteiger partial charge in [-0.2, -0.15) is 0 Å². The zero-order chi connectivity index (χ0) is 33.8. The Morgan fingerprint density at radius 3 is 2.43 bits per heavy atom. The van der Waals surface area contributed by atoms with Crippen LogP contribution in [-0.4, -0.2) is 96.3 Å². The Bertz CT molecular complexity index is 1740. The zero-order valence-electron chi connectivity index (χ0n) is 28.2. The maximum atomic E-state index is 13.9. The highest BCUT2D eigenvalue weighted by molar-refractivity contribution is 6.00. The lowest BCUT2D eigenvalue weighted by Crippen LogP contribution is -2.47. The lowest BCUT2D eigenvalue weighted by Gasteiger charge is -2.33. The molecule has 0 saturated carbocycles. The molecule has 1 unspecified atom stereocenters. The quantitative estimate of drug-likeness (QED) is 0.345. The summed E-state index contributed by atoms with van der Waals surface area (Å²) in [5.41, 5.74) is 6.32. The second kappa shape index (κ2) is 14.4. The van der Waals surface area contributed by atoms with Crippen LogP contribution in [0.3, 0.4) is 0 Å². The maximum Gasteiger partial charge on any atom is 0.253 e. The van der Waals surface area contributed by atoms with Crippen LogP contribution in [-0.2, 0) is 11.3 Å². The molecule has 2 aromatic carbocycles. The fourth-order valence-electron chi connectivity index (χ4n) is 6.74. The van der Waals surface area contributed by atoms with Crippen molar-refractivity contribution in [1.82, 2.24) is 25.0 Å². The fraction of sp³-hybridized carbons (Fsp3) is 0.405. The Hall–Kier alpha value is -4.70. The number of anilines is 1. The number of likely N-dealkylation sites (tertiary alicyclic amines) is 1. The van der Waals surface area contributed by atoms with Gasteiger partial charge in [-0.15, -0.1) is 0 Å². The van der Waals surface area contributed by atoms with Gasteiger partial charge in [0.15, 0.2) is 0 Å². The van der Waals surface area contributed by atoms with Crippen molar-refractivity contribution >= 4 is 23.4 Å². The molecule has 2 aliphatic rings. The predicted molar refractivity (Wildman–Crippen MR) is 186 cm³/mol. The number of benzene rings is 2. The summed E-state index contributed by atoms with van der Waals surface area (Å²) in [6.07, 6.45) is 2.15. The van der Waals surface area contributed by atoms with E-state index in [2.05, 4.69) is 46.7 Å². The van der Waals surface area contributed by atoms with E-state index >= 15 is 0 Å². The van der Waals surface area contributed by atoms with Crippen LogP contribution in [0.2, 0.25) is 0 Å². The summed E-state index contributed by atoms with van der Waals surface area (Å²) < 4.78 is 0. The summed E-state index contributed by atoms with van der Waals surface area (Å²) in [4.78, 5) is 63.5. The number of aromatic nitrogens is 1. The van der Waals surface area contributed by atoms with Gasteiger partial charge in [0.2, 0.25) is 5.91 Å². The topological polar surface area (TPSA) is 109 Å². The molecule has 2 N–H and O–H groups in total. The molecular formula is C37H46N6O4. The minimum absolute atomic E-state index is 0.00272. The van der Waals surface area contributed by atoms with Crippen molar-refractivity contribution < 1.29 is 14.4 Å². The third-order valence-corrected chi connectivity index (χ3v) is 9.52. The molecule has 0 radical (unpaired) electrons. The van der Waals surface area contributed by atoms with Crippen molar-refractivity contribution in [2.75, 3.05) is 57.8 Å². The maximum absolute atomic E-state index is 13.9. The summed E-state index contributed by atoms with van der Waals surface area (Å²) in [5.74, 6) is -0.380. The summed E-state index contributed by atoms with van der Waals surface area (Å²) >= 11 is 0. The van der Waals surface area contributed by atoms with Gasteiger partial charge < -0.3 is 29.9 Å². The van der Waals surface area contributed by atoms with Gasteiger partial charge >= 0.3 is 0 Å². The van der Waals surface area contributed by atoms with Gasteiger partial charge in [0.25, 0.3) is 17.4 Å². The van der Waals surface area contributed by atoms with Crippen LogP contribution in [0.1, 0.15) is 56.4 Å². The third-order valence-electron chi connectivity index (χ3n) is 9.52. The Labute approximate surface area is 277 Å². The van der Waals surface area contributed by atoms with Gasteiger partial charge in [-0.25, -0.2) is 0 Å². The van der Waals surface area contributed by atoms with Crippen LogP contribution < -0.4 is 15.8 Å².